The first kappa shape index (κ1) is 50.4. The van der Waals surface area contributed by atoms with Crippen LogP contribution in [-0.4, -0.2) is 0 Å². The highest BCUT2D eigenvalue weighted by Crippen LogP contribution is 2.46. The Labute approximate surface area is 507 Å². The number of furan rings is 3. The molecule has 0 saturated carbocycles. The molecule has 0 fully saturated rings. The highest BCUT2D eigenvalue weighted by Gasteiger charge is 2.20. The van der Waals surface area contributed by atoms with E-state index >= 15 is 0 Å². The molecule has 84 heavy (non-hydrogen) atoms. The van der Waals surface area contributed by atoms with Crippen LogP contribution >= 0.6 is 47.8 Å². The second-order valence-corrected chi connectivity index (χ2v) is 24.1. The van der Waals surface area contributed by atoms with Crippen LogP contribution in [0.25, 0.3) is 164 Å². The Hall–Kier alpha value is -9.30. The zero-order chi connectivity index (χ0) is 56.0. The van der Waals surface area contributed by atoms with Crippen LogP contribution < -0.4 is 0 Å². The minimum Gasteiger partial charge on any atom is -0.455 e. The lowest BCUT2D eigenvalue weighted by molar-refractivity contribution is 0.672. The molecule has 396 valence electrons. The molecule has 0 N–H and O–H groups in total. The first-order valence-corrected chi connectivity index (χ1v) is 30.3. The summed E-state index contributed by atoms with van der Waals surface area (Å²) in [5.41, 5.74) is 12.7. The first-order valence-electron chi connectivity index (χ1n) is 27.9. The SMILES string of the molecule is Brc1ccc(-c2ccc3c(c2)oc2c4ccccc4c4ccccc4c32)cc1.Brc1ccc(-c2ccc3oc4c5ccccc5c5ccccc5c4c3c2)cc1.Brc1ccc(-c2cccc3c2oc2c4ccccc4c4ccccc4c32)cc1. The molecular formula is C78H45Br3O3. The number of fused-ring (bicyclic) bond motifs is 24. The second kappa shape index (κ2) is 20.5. The topological polar surface area (TPSA) is 39.4 Å². The van der Waals surface area contributed by atoms with E-state index in [1.165, 1.54) is 81.3 Å². The maximum Gasteiger partial charge on any atom is 0.143 e. The molecule has 3 nitrogen and oxygen atoms in total. The fourth-order valence-corrected chi connectivity index (χ4v) is 13.5. The van der Waals surface area contributed by atoms with E-state index in [2.05, 4.69) is 321 Å². The van der Waals surface area contributed by atoms with Gasteiger partial charge in [0.2, 0.25) is 0 Å². The lowest BCUT2D eigenvalue weighted by Crippen LogP contribution is -1.80. The summed E-state index contributed by atoms with van der Waals surface area (Å²) in [4.78, 5) is 0. The van der Waals surface area contributed by atoms with Crippen molar-refractivity contribution in [2.75, 3.05) is 0 Å². The van der Waals surface area contributed by atoms with Crippen molar-refractivity contribution >= 4 is 178 Å². The molecule has 15 aromatic carbocycles. The van der Waals surface area contributed by atoms with Gasteiger partial charge < -0.3 is 13.3 Å². The molecule has 0 saturated heterocycles. The third-order valence-electron chi connectivity index (χ3n) is 16.6. The molecule has 0 bridgehead atoms. The van der Waals surface area contributed by atoms with Gasteiger partial charge in [0.25, 0.3) is 0 Å². The number of halogens is 3. The van der Waals surface area contributed by atoms with E-state index in [-0.39, 0.29) is 0 Å². The summed E-state index contributed by atoms with van der Waals surface area (Å²) in [5, 5.41) is 21.8. The van der Waals surface area contributed by atoms with E-state index in [1.807, 2.05) is 0 Å². The van der Waals surface area contributed by atoms with E-state index in [0.717, 1.165) is 95.9 Å². The number of benzene rings is 15. The van der Waals surface area contributed by atoms with Gasteiger partial charge in [-0.3, -0.25) is 0 Å². The average molecular weight is 1270 g/mol. The van der Waals surface area contributed by atoms with E-state index < -0.39 is 0 Å². The summed E-state index contributed by atoms with van der Waals surface area (Å²) >= 11 is 10.6. The predicted octanol–water partition coefficient (Wildman–Crippen LogP) is 25.0. The van der Waals surface area contributed by atoms with E-state index in [0.29, 0.717) is 0 Å². The molecule has 0 unspecified atom stereocenters. The zero-order valence-corrected chi connectivity index (χ0v) is 49.6. The molecule has 0 radical (unpaired) electrons. The Bertz CT molecular complexity index is 5550. The highest BCUT2D eigenvalue weighted by atomic mass is 79.9. The van der Waals surface area contributed by atoms with Crippen molar-refractivity contribution in [1.82, 2.24) is 0 Å². The molecule has 18 aromatic rings. The molecule has 6 heteroatoms. The van der Waals surface area contributed by atoms with Crippen molar-refractivity contribution in [2.24, 2.45) is 0 Å². The largest absolute Gasteiger partial charge is 0.455 e. The fraction of sp³-hybridized carbons (Fsp3) is 0. The maximum atomic E-state index is 6.58. The van der Waals surface area contributed by atoms with Gasteiger partial charge in [0.05, 0.1) is 0 Å². The second-order valence-electron chi connectivity index (χ2n) is 21.3. The number of para-hydroxylation sites is 1. The molecule has 18 rings (SSSR count). The average Bonchev–Trinajstić information content (AvgIpc) is 2.43. The van der Waals surface area contributed by atoms with Crippen molar-refractivity contribution in [3.05, 3.63) is 286 Å². The molecule has 0 spiro atoms. The minimum absolute atomic E-state index is 0.928. The predicted molar refractivity (Wildman–Crippen MR) is 366 cm³/mol. The van der Waals surface area contributed by atoms with Gasteiger partial charge in [-0.25, -0.2) is 0 Å². The van der Waals surface area contributed by atoms with E-state index in [4.69, 9.17) is 13.3 Å². The fourth-order valence-electron chi connectivity index (χ4n) is 12.7. The van der Waals surface area contributed by atoms with Crippen LogP contribution in [0, 0.1) is 0 Å². The van der Waals surface area contributed by atoms with Gasteiger partial charge in [-0.15, -0.1) is 0 Å². The van der Waals surface area contributed by atoms with Gasteiger partial charge in [-0.1, -0.05) is 260 Å². The van der Waals surface area contributed by atoms with Crippen LogP contribution in [0.15, 0.2) is 300 Å². The Morgan fingerprint density at radius 3 is 1.00 bits per heavy atom. The molecule has 0 amide bonds. The van der Waals surface area contributed by atoms with Crippen molar-refractivity contribution in [2.45, 2.75) is 0 Å². The van der Waals surface area contributed by atoms with Gasteiger partial charge in [0, 0.05) is 67.5 Å². The van der Waals surface area contributed by atoms with Crippen molar-refractivity contribution in [1.29, 1.82) is 0 Å². The normalized spacial score (nSPS) is 11.8. The summed E-state index contributed by atoms with van der Waals surface area (Å²) in [6.07, 6.45) is 0. The van der Waals surface area contributed by atoms with Crippen LogP contribution in [0.2, 0.25) is 0 Å². The van der Waals surface area contributed by atoms with Crippen molar-refractivity contribution in [3.63, 3.8) is 0 Å². The summed E-state index contributed by atoms with van der Waals surface area (Å²) in [6.45, 7) is 0. The Morgan fingerprint density at radius 1 is 0.190 bits per heavy atom. The van der Waals surface area contributed by atoms with Gasteiger partial charge in [0.15, 0.2) is 0 Å². The number of hydrogen-bond acceptors (Lipinski definition) is 3. The zero-order valence-electron chi connectivity index (χ0n) is 44.8. The Morgan fingerprint density at radius 2 is 0.524 bits per heavy atom. The van der Waals surface area contributed by atoms with Gasteiger partial charge >= 0.3 is 0 Å². The smallest absolute Gasteiger partial charge is 0.143 e. The summed E-state index contributed by atoms with van der Waals surface area (Å²) in [6, 6.07) is 96.0. The molecule has 3 heterocycles. The van der Waals surface area contributed by atoms with E-state index in [9.17, 15) is 0 Å². The molecule has 3 aromatic heterocycles. The third-order valence-corrected chi connectivity index (χ3v) is 18.2. The minimum atomic E-state index is 0.928. The van der Waals surface area contributed by atoms with Crippen LogP contribution in [0.1, 0.15) is 0 Å². The summed E-state index contributed by atoms with van der Waals surface area (Å²) < 4.78 is 22.6. The molecular weight excluding hydrogens is 1220 g/mol. The molecule has 0 aliphatic heterocycles. The Kier molecular flexibility index (Phi) is 12.3. The lowest BCUT2D eigenvalue weighted by atomic mass is 9.96. The molecule has 0 aliphatic carbocycles. The highest BCUT2D eigenvalue weighted by molar-refractivity contribution is 9.11. The van der Waals surface area contributed by atoms with Crippen LogP contribution in [0.4, 0.5) is 0 Å². The Balaban J connectivity index is 0.000000103. The monoisotopic (exact) mass is 1270 g/mol. The molecule has 0 aliphatic rings. The van der Waals surface area contributed by atoms with Crippen molar-refractivity contribution < 1.29 is 13.3 Å². The summed E-state index contributed by atoms with van der Waals surface area (Å²) in [5.74, 6) is 0. The maximum absolute atomic E-state index is 6.58. The lowest BCUT2D eigenvalue weighted by Gasteiger charge is -2.06. The van der Waals surface area contributed by atoms with Gasteiger partial charge in [-0.05, 0) is 137 Å². The van der Waals surface area contributed by atoms with Crippen LogP contribution in [-0.2, 0) is 0 Å². The van der Waals surface area contributed by atoms with E-state index in [1.54, 1.807) is 0 Å². The van der Waals surface area contributed by atoms with Gasteiger partial charge in [0.1, 0.15) is 33.5 Å². The van der Waals surface area contributed by atoms with Crippen LogP contribution in [0.5, 0.6) is 0 Å². The molecule has 0 atom stereocenters. The standard InChI is InChI=1S/3C26H15BrO/c27-17-14-12-16(13-15-17)18-10-5-11-23-24-21-8-3-1-6-19(21)20-7-2-4-9-22(20)26(24)28-25(18)23;27-18-12-9-16(10-13-18)17-11-14-24-23(15-17)25-21-7-3-1-5-19(21)20-6-2-4-8-22(20)26(25)28-24;27-18-12-9-16(10-13-18)17-11-14-23-24(15-17)28-26-22-8-4-2-6-20(22)19-5-1-3-7-21(19)25(23)26/h3*1-15H. The number of hydrogen-bond donors (Lipinski definition) is 0. The number of rotatable bonds is 3. The third kappa shape index (κ3) is 8.42. The van der Waals surface area contributed by atoms with Crippen LogP contribution in [0.3, 0.4) is 0 Å². The quantitative estimate of drug-likeness (QED) is 0.166. The van der Waals surface area contributed by atoms with Crippen molar-refractivity contribution in [3.8, 4) is 33.4 Å². The van der Waals surface area contributed by atoms with Gasteiger partial charge in [-0.2, -0.15) is 0 Å². The first-order chi connectivity index (χ1) is 41.4. The summed E-state index contributed by atoms with van der Waals surface area (Å²) in [7, 11) is 0.